The van der Waals surface area contributed by atoms with Gasteiger partial charge in [-0.3, -0.25) is 4.79 Å². The van der Waals surface area contributed by atoms with Gasteiger partial charge in [0.15, 0.2) is 0 Å². The highest BCUT2D eigenvalue weighted by molar-refractivity contribution is 5.78. The molecule has 1 saturated heterocycles. The van der Waals surface area contributed by atoms with Gasteiger partial charge in [0.05, 0.1) is 13.0 Å². The predicted molar refractivity (Wildman–Crippen MR) is 70.7 cm³/mol. The second kappa shape index (κ2) is 6.88. The Kier molecular flexibility index (Phi) is 4.92. The number of benzene rings is 1. The average molecular weight is 280 g/mol. The van der Waals surface area contributed by atoms with E-state index in [4.69, 9.17) is 4.74 Å². The van der Waals surface area contributed by atoms with Crippen molar-refractivity contribution in [3.8, 4) is 0 Å². The molecular weight excluding hydrogens is 263 g/mol. The first-order valence-electron chi connectivity index (χ1n) is 6.58. The molecular formula is C14H17FN2O3. The van der Waals surface area contributed by atoms with E-state index in [9.17, 15) is 14.0 Å². The molecule has 1 fully saturated rings. The van der Waals surface area contributed by atoms with E-state index in [1.54, 1.807) is 17.0 Å². The molecule has 20 heavy (non-hydrogen) atoms. The monoisotopic (exact) mass is 280 g/mol. The Labute approximate surface area is 116 Å². The van der Waals surface area contributed by atoms with Crippen molar-refractivity contribution in [2.24, 2.45) is 0 Å². The van der Waals surface area contributed by atoms with E-state index in [-0.39, 0.29) is 24.2 Å². The summed E-state index contributed by atoms with van der Waals surface area (Å²) >= 11 is 0. The number of ether oxygens (including phenoxy) is 1. The van der Waals surface area contributed by atoms with Crippen LogP contribution in [-0.4, -0.2) is 43.1 Å². The van der Waals surface area contributed by atoms with Crippen molar-refractivity contribution in [3.63, 3.8) is 0 Å². The molecule has 0 aromatic heterocycles. The van der Waals surface area contributed by atoms with Crippen molar-refractivity contribution < 1.29 is 18.7 Å². The van der Waals surface area contributed by atoms with Crippen molar-refractivity contribution in [1.82, 2.24) is 10.2 Å². The first-order valence-corrected chi connectivity index (χ1v) is 6.58. The van der Waals surface area contributed by atoms with Gasteiger partial charge >= 0.3 is 6.09 Å². The van der Waals surface area contributed by atoms with Gasteiger partial charge in [0, 0.05) is 13.1 Å². The SMILES string of the molecule is O=C(Cc1ccc(F)cc1)NCCCN1CCOC1=O. The van der Waals surface area contributed by atoms with Crippen LogP contribution in [0.4, 0.5) is 9.18 Å². The Hall–Kier alpha value is -2.11. The molecule has 0 unspecified atom stereocenters. The number of hydrogen-bond acceptors (Lipinski definition) is 3. The average Bonchev–Trinajstić information content (AvgIpc) is 2.83. The van der Waals surface area contributed by atoms with E-state index in [0.29, 0.717) is 32.7 Å². The summed E-state index contributed by atoms with van der Waals surface area (Å²) in [7, 11) is 0. The molecule has 1 aliphatic heterocycles. The lowest BCUT2D eigenvalue weighted by molar-refractivity contribution is -0.120. The van der Waals surface area contributed by atoms with Gasteiger partial charge in [0.25, 0.3) is 0 Å². The smallest absolute Gasteiger partial charge is 0.409 e. The van der Waals surface area contributed by atoms with E-state index in [1.165, 1.54) is 12.1 Å². The maximum Gasteiger partial charge on any atom is 0.409 e. The molecule has 6 heteroatoms. The molecule has 0 spiro atoms. The van der Waals surface area contributed by atoms with E-state index >= 15 is 0 Å². The maximum absolute atomic E-state index is 12.7. The van der Waals surface area contributed by atoms with Gasteiger partial charge in [-0.25, -0.2) is 9.18 Å². The minimum Gasteiger partial charge on any atom is -0.448 e. The van der Waals surface area contributed by atoms with Crippen LogP contribution in [0.5, 0.6) is 0 Å². The number of amides is 2. The molecule has 2 amide bonds. The van der Waals surface area contributed by atoms with Crippen molar-refractivity contribution in [2.45, 2.75) is 12.8 Å². The fourth-order valence-corrected chi connectivity index (χ4v) is 1.98. The third-order valence-electron chi connectivity index (χ3n) is 3.05. The molecule has 1 aromatic carbocycles. The van der Waals surface area contributed by atoms with Crippen LogP contribution in [0.1, 0.15) is 12.0 Å². The van der Waals surface area contributed by atoms with Gasteiger partial charge in [-0.1, -0.05) is 12.1 Å². The lowest BCUT2D eigenvalue weighted by Crippen LogP contribution is -2.31. The van der Waals surface area contributed by atoms with Gasteiger partial charge in [0.1, 0.15) is 12.4 Å². The number of cyclic esters (lactones) is 1. The van der Waals surface area contributed by atoms with E-state index in [2.05, 4.69) is 5.32 Å². The van der Waals surface area contributed by atoms with Gasteiger partial charge in [0.2, 0.25) is 5.91 Å². The summed E-state index contributed by atoms with van der Waals surface area (Å²) in [4.78, 5) is 24.4. The normalized spacial score (nSPS) is 14.2. The summed E-state index contributed by atoms with van der Waals surface area (Å²) in [6.07, 6.45) is 0.624. The quantitative estimate of drug-likeness (QED) is 0.800. The van der Waals surface area contributed by atoms with Gasteiger partial charge in [-0.05, 0) is 24.1 Å². The van der Waals surface area contributed by atoms with Gasteiger partial charge < -0.3 is 15.0 Å². The lowest BCUT2D eigenvalue weighted by Gasteiger charge is -2.12. The minimum atomic E-state index is -0.313. The second-order valence-electron chi connectivity index (χ2n) is 4.61. The summed E-state index contributed by atoms with van der Waals surface area (Å²) in [6.45, 7) is 2.14. The van der Waals surface area contributed by atoms with E-state index in [1.807, 2.05) is 0 Å². The molecule has 0 saturated carbocycles. The summed E-state index contributed by atoms with van der Waals surface area (Å²) < 4.78 is 17.5. The number of nitrogens with one attached hydrogen (secondary N) is 1. The number of carbonyl (C=O) groups excluding carboxylic acids is 2. The van der Waals surface area contributed by atoms with Crippen LogP contribution < -0.4 is 5.32 Å². The van der Waals surface area contributed by atoms with Crippen molar-refractivity contribution in [2.75, 3.05) is 26.2 Å². The molecule has 0 radical (unpaired) electrons. The number of nitrogens with zero attached hydrogens (tertiary/aromatic N) is 1. The summed E-state index contributed by atoms with van der Waals surface area (Å²) in [5.41, 5.74) is 0.770. The van der Waals surface area contributed by atoms with Crippen molar-refractivity contribution in [1.29, 1.82) is 0 Å². The van der Waals surface area contributed by atoms with Crippen LogP contribution in [0.3, 0.4) is 0 Å². The summed E-state index contributed by atoms with van der Waals surface area (Å²) in [5.74, 6) is -0.424. The molecule has 0 bridgehead atoms. The summed E-state index contributed by atoms with van der Waals surface area (Å²) in [5, 5.41) is 2.77. The molecule has 1 heterocycles. The highest BCUT2D eigenvalue weighted by Crippen LogP contribution is 2.04. The lowest BCUT2D eigenvalue weighted by atomic mass is 10.1. The Morgan fingerprint density at radius 3 is 2.75 bits per heavy atom. The van der Waals surface area contributed by atoms with Crippen molar-refractivity contribution >= 4 is 12.0 Å². The van der Waals surface area contributed by atoms with Crippen LogP contribution >= 0.6 is 0 Å². The number of carbonyl (C=O) groups is 2. The Morgan fingerprint density at radius 1 is 1.35 bits per heavy atom. The van der Waals surface area contributed by atoms with Crippen LogP contribution in [0.15, 0.2) is 24.3 Å². The summed E-state index contributed by atoms with van der Waals surface area (Å²) in [6, 6.07) is 5.85. The zero-order chi connectivity index (χ0) is 14.4. The van der Waals surface area contributed by atoms with E-state index in [0.717, 1.165) is 5.56 Å². The van der Waals surface area contributed by atoms with Crippen molar-refractivity contribution in [3.05, 3.63) is 35.6 Å². The fourth-order valence-electron chi connectivity index (χ4n) is 1.98. The molecule has 2 rings (SSSR count). The Morgan fingerprint density at radius 2 is 2.10 bits per heavy atom. The number of rotatable bonds is 6. The second-order valence-corrected chi connectivity index (χ2v) is 4.61. The third-order valence-corrected chi connectivity index (χ3v) is 3.05. The van der Waals surface area contributed by atoms with Gasteiger partial charge in [-0.2, -0.15) is 0 Å². The van der Waals surface area contributed by atoms with Crippen LogP contribution in [0, 0.1) is 5.82 Å². The predicted octanol–water partition coefficient (Wildman–Crippen LogP) is 1.33. The standard InChI is InChI=1S/C14H17FN2O3/c15-12-4-2-11(3-5-12)10-13(18)16-6-1-7-17-8-9-20-14(17)19/h2-5H,1,6-10H2,(H,16,18). The maximum atomic E-state index is 12.7. The number of halogens is 1. The third kappa shape index (κ3) is 4.22. The first kappa shape index (κ1) is 14.3. The fraction of sp³-hybridized carbons (Fsp3) is 0.429. The number of hydrogen-bond donors (Lipinski definition) is 1. The molecule has 5 nitrogen and oxygen atoms in total. The Balaban J connectivity index is 1.62. The molecule has 1 aromatic rings. The molecule has 0 aliphatic carbocycles. The van der Waals surface area contributed by atoms with Crippen LogP contribution in [-0.2, 0) is 16.0 Å². The van der Waals surface area contributed by atoms with E-state index < -0.39 is 0 Å². The molecule has 108 valence electrons. The zero-order valence-corrected chi connectivity index (χ0v) is 11.1. The van der Waals surface area contributed by atoms with Crippen LogP contribution in [0.2, 0.25) is 0 Å². The highest BCUT2D eigenvalue weighted by atomic mass is 19.1. The largest absolute Gasteiger partial charge is 0.448 e. The van der Waals surface area contributed by atoms with Crippen LogP contribution in [0.25, 0.3) is 0 Å². The molecule has 0 atom stereocenters. The molecule has 1 aliphatic rings. The highest BCUT2D eigenvalue weighted by Gasteiger charge is 2.20. The zero-order valence-electron chi connectivity index (χ0n) is 11.1. The molecule has 1 N–H and O–H groups in total. The first-order chi connectivity index (χ1) is 9.65. The van der Waals surface area contributed by atoms with Gasteiger partial charge in [-0.15, -0.1) is 0 Å². The Bertz CT molecular complexity index is 476. The minimum absolute atomic E-state index is 0.111. The topological polar surface area (TPSA) is 58.6 Å².